The van der Waals surface area contributed by atoms with Gasteiger partial charge in [0.15, 0.2) is 11.5 Å². The van der Waals surface area contributed by atoms with E-state index >= 15 is 0 Å². The summed E-state index contributed by atoms with van der Waals surface area (Å²) in [6, 6.07) is 16.3. The van der Waals surface area contributed by atoms with E-state index in [-0.39, 0.29) is 0 Å². The Kier molecular flexibility index (Phi) is 5.98. The van der Waals surface area contributed by atoms with Gasteiger partial charge in [0, 0.05) is 5.39 Å². The van der Waals surface area contributed by atoms with Crippen molar-refractivity contribution >= 4 is 33.9 Å². The lowest BCUT2D eigenvalue weighted by molar-refractivity contribution is 0.0592. The smallest absolute Gasteiger partial charge is 0.337 e. The van der Waals surface area contributed by atoms with Crippen LogP contribution in [0.1, 0.15) is 37.4 Å². The Labute approximate surface area is 207 Å². The molecule has 0 aliphatic carbocycles. The van der Waals surface area contributed by atoms with E-state index < -0.39 is 11.9 Å². The van der Waals surface area contributed by atoms with Crippen LogP contribution < -0.4 is 4.74 Å². The molecule has 0 saturated heterocycles. The minimum atomic E-state index is -0.461. The lowest BCUT2D eigenvalue weighted by Gasteiger charge is -2.10. The van der Waals surface area contributed by atoms with Gasteiger partial charge in [-0.15, -0.1) is 0 Å². The Morgan fingerprint density at radius 1 is 0.806 bits per heavy atom. The predicted molar refractivity (Wildman–Crippen MR) is 134 cm³/mol. The summed E-state index contributed by atoms with van der Waals surface area (Å²) in [5.74, 6) is -0.0275. The number of furan rings is 2. The van der Waals surface area contributed by atoms with Gasteiger partial charge in [-0.05, 0) is 61.4 Å². The van der Waals surface area contributed by atoms with Crippen LogP contribution in [0.25, 0.3) is 33.3 Å². The van der Waals surface area contributed by atoms with Crippen LogP contribution in [-0.4, -0.2) is 26.2 Å². The molecular weight excluding hydrogens is 460 g/mol. The highest BCUT2D eigenvalue weighted by Crippen LogP contribution is 2.44. The molecule has 0 aliphatic rings. The van der Waals surface area contributed by atoms with E-state index in [4.69, 9.17) is 23.0 Å². The molecule has 5 aromatic rings. The van der Waals surface area contributed by atoms with Crippen molar-refractivity contribution in [2.45, 2.75) is 20.5 Å². The van der Waals surface area contributed by atoms with Crippen LogP contribution in [0, 0.1) is 13.8 Å². The molecule has 0 saturated carbocycles. The molecular formula is C29H24O7. The highest BCUT2D eigenvalue weighted by Gasteiger charge is 2.23. The van der Waals surface area contributed by atoms with Crippen molar-refractivity contribution in [1.82, 2.24) is 0 Å². The molecule has 0 atom stereocenters. The first-order chi connectivity index (χ1) is 17.4. The molecule has 0 bridgehead atoms. The summed E-state index contributed by atoms with van der Waals surface area (Å²) in [5, 5.41) is 1.29. The number of ether oxygens (including phenoxy) is 3. The van der Waals surface area contributed by atoms with E-state index in [0.29, 0.717) is 56.7 Å². The zero-order valence-corrected chi connectivity index (χ0v) is 20.3. The highest BCUT2D eigenvalue weighted by molar-refractivity contribution is 6.04. The van der Waals surface area contributed by atoms with Gasteiger partial charge in [-0.2, -0.15) is 0 Å². The summed E-state index contributed by atoms with van der Waals surface area (Å²) in [7, 11) is 2.67. The van der Waals surface area contributed by atoms with Gasteiger partial charge < -0.3 is 23.0 Å². The predicted octanol–water partition coefficient (Wildman–Crippen LogP) is 6.62. The van der Waals surface area contributed by atoms with E-state index in [0.717, 1.165) is 16.7 Å². The molecule has 0 amide bonds. The van der Waals surface area contributed by atoms with Crippen molar-refractivity contribution in [1.29, 1.82) is 0 Å². The van der Waals surface area contributed by atoms with Gasteiger partial charge >= 0.3 is 11.9 Å². The van der Waals surface area contributed by atoms with Crippen LogP contribution in [0.3, 0.4) is 0 Å². The molecule has 7 heteroatoms. The van der Waals surface area contributed by atoms with Gasteiger partial charge in [0.1, 0.15) is 24.0 Å². The van der Waals surface area contributed by atoms with E-state index in [1.807, 2.05) is 13.8 Å². The topological polar surface area (TPSA) is 88.1 Å². The van der Waals surface area contributed by atoms with Crippen molar-refractivity contribution in [2.24, 2.45) is 0 Å². The Morgan fingerprint density at radius 3 is 2.17 bits per heavy atom. The number of aryl methyl sites for hydroxylation is 2. The summed E-state index contributed by atoms with van der Waals surface area (Å²) >= 11 is 0. The first-order valence-electron chi connectivity index (χ1n) is 11.3. The third-order valence-electron chi connectivity index (χ3n) is 6.18. The summed E-state index contributed by atoms with van der Waals surface area (Å²) in [5.41, 5.74) is 5.74. The summed E-state index contributed by atoms with van der Waals surface area (Å²) in [6.45, 7) is 4.35. The van der Waals surface area contributed by atoms with E-state index in [1.165, 1.54) is 14.2 Å². The molecule has 7 nitrogen and oxygen atoms in total. The van der Waals surface area contributed by atoms with Crippen molar-refractivity contribution in [3.05, 3.63) is 88.7 Å². The third kappa shape index (κ3) is 4.09. The number of rotatable bonds is 6. The van der Waals surface area contributed by atoms with Crippen LogP contribution in [0.2, 0.25) is 0 Å². The maximum atomic E-state index is 12.2. The third-order valence-corrected chi connectivity index (χ3v) is 6.18. The average Bonchev–Trinajstić information content (AvgIpc) is 3.48. The summed E-state index contributed by atoms with van der Waals surface area (Å²) < 4.78 is 28.1. The summed E-state index contributed by atoms with van der Waals surface area (Å²) in [4.78, 5) is 24.4. The number of fused-ring (bicyclic) bond motifs is 2. The molecule has 0 spiro atoms. The highest BCUT2D eigenvalue weighted by atomic mass is 16.5. The molecule has 0 fully saturated rings. The number of hydrogen-bond donors (Lipinski definition) is 0. The maximum Gasteiger partial charge on any atom is 0.337 e. The Morgan fingerprint density at radius 2 is 1.47 bits per heavy atom. The van der Waals surface area contributed by atoms with E-state index in [2.05, 4.69) is 18.2 Å². The molecule has 0 N–H and O–H groups in total. The maximum absolute atomic E-state index is 12.2. The number of hydrogen-bond acceptors (Lipinski definition) is 7. The van der Waals surface area contributed by atoms with Crippen LogP contribution in [-0.2, 0) is 16.1 Å². The lowest BCUT2D eigenvalue weighted by Crippen LogP contribution is -2.01. The van der Waals surface area contributed by atoms with Crippen molar-refractivity contribution < 1.29 is 32.6 Å². The fourth-order valence-electron chi connectivity index (χ4n) is 4.20. The molecule has 182 valence electrons. The average molecular weight is 485 g/mol. The minimum absolute atomic E-state index is 0.292. The van der Waals surface area contributed by atoms with Gasteiger partial charge in [0.2, 0.25) is 0 Å². The Bertz CT molecular complexity index is 1620. The number of methoxy groups -OCH3 is 2. The second-order valence-corrected chi connectivity index (χ2v) is 8.53. The fraction of sp³-hybridized carbons (Fsp3) is 0.172. The van der Waals surface area contributed by atoms with Crippen LogP contribution in [0.15, 0.2) is 69.7 Å². The van der Waals surface area contributed by atoms with Gasteiger partial charge in [-0.25, -0.2) is 9.59 Å². The molecule has 2 heterocycles. The van der Waals surface area contributed by atoms with Gasteiger partial charge in [0.25, 0.3) is 0 Å². The van der Waals surface area contributed by atoms with Crippen molar-refractivity contribution in [2.75, 3.05) is 14.2 Å². The molecule has 5 rings (SSSR count). The first kappa shape index (κ1) is 23.2. The Hall–Kier alpha value is -4.52. The van der Waals surface area contributed by atoms with Crippen LogP contribution >= 0.6 is 0 Å². The molecule has 0 radical (unpaired) electrons. The van der Waals surface area contributed by atoms with Crippen LogP contribution in [0.5, 0.6) is 5.75 Å². The monoisotopic (exact) mass is 484 g/mol. The molecule has 2 aromatic heterocycles. The van der Waals surface area contributed by atoms with E-state index in [1.54, 1.807) is 42.7 Å². The van der Waals surface area contributed by atoms with Gasteiger partial charge in [-0.1, -0.05) is 23.8 Å². The SMILES string of the molecule is COC(=O)c1ccc2occ(-c3oc4ccc(C(=O)OC)cc4c3OCc3cc(C)ccc3C)c2c1. The second kappa shape index (κ2) is 9.26. The van der Waals surface area contributed by atoms with E-state index in [9.17, 15) is 9.59 Å². The molecule has 0 aliphatic heterocycles. The zero-order valence-electron chi connectivity index (χ0n) is 20.3. The van der Waals surface area contributed by atoms with Crippen molar-refractivity contribution in [3.63, 3.8) is 0 Å². The first-order valence-corrected chi connectivity index (χ1v) is 11.3. The lowest BCUT2D eigenvalue weighted by atomic mass is 10.1. The molecule has 0 unspecified atom stereocenters. The second-order valence-electron chi connectivity index (χ2n) is 8.53. The minimum Gasteiger partial charge on any atom is -0.484 e. The zero-order chi connectivity index (χ0) is 25.4. The molecule has 3 aromatic carbocycles. The Balaban J connectivity index is 1.68. The van der Waals surface area contributed by atoms with Gasteiger partial charge in [0.05, 0.1) is 36.3 Å². The standard InChI is InChI=1S/C29H24O7/c1-16-5-6-17(2)20(11-16)14-35-26-22-13-19(29(31)33-4)8-10-25(22)36-27(26)23-15-34-24-9-7-18(12-21(23)24)28(30)32-3/h5-13,15H,14H2,1-4H3. The van der Waals surface area contributed by atoms with Gasteiger partial charge in [-0.3, -0.25) is 0 Å². The largest absolute Gasteiger partial charge is 0.484 e. The van der Waals surface area contributed by atoms with Crippen molar-refractivity contribution in [3.8, 4) is 17.1 Å². The summed E-state index contributed by atoms with van der Waals surface area (Å²) in [6.07, 6.45) is 1.56. The number of esters is 2. The normalized spacial score (nSPS) is 11.1. The fourth-order valence-corrected chi connectivity index (χ4v) is 4.20. The quantitative estimate of drug-likeness (QED) is 0.250. The number of benzene rings is 3. The van der Waals surface area contributed by atoms with Crippen LogP contribution in [0.4, 0.5) is 0 Å². The number of carbonyl (C=O) groups excluding carboxylic acids is 2. The molecule has 36 heavy (non-hydrogen) atoms. The number of carbonyl (C=O) groups is 2.